The Morgan fingerprint density at radius 3 is 2.24 bits per heavy atom. The Morgan fingerprint density at radius 2 is 1.62 bits per heavy atom. The van der Waals surface area contributed by atoms with Crippen molar-refractivity contribution in [2.24, 2.45) is 0 Å². The van der Waals surface area contributed by atoms with Gasteiger partial charge in [-0.15, -0.1) is 0 Å². The van der Waals surface area contributed by atoms with Crippen LogP contribution in [0, 0.1) is 6.39 Å². The molecule has 105 valence electrons. The second kappa shape index (κ2) is 5.18. The lowest BCUT2D eigenvalue weighted by Crippen LogP contribution is -1.96. The van der Waals surface area contributed by atoms with Gasteiger partial charge in [0.05, 0.1) is 4.90 Å². The number of hydrogen-bond acceptors (Lipinski definition) is 4. The molecular formula is C16H12NO3S. The minimum absolute atomic E-state index is 0.274. The molecule has 3 aromatic rings. The summed E-state index contributed by atoms with van der Waals surface area (Å²) in [5.41, 5.74) is 2.36. The highest BCUT2D eigenvalue weighted by Gasteiger charge is 2.14. The van der Waals surface area contributed by atoms with Gasteiger partial charge in [-0.25, -0.2) is 13.4 Å². The molecule has 0 atom stereocenters. The monoisotopic (exact) mass is 298 g/mol. The van der Waals surface area contributed by atoms with E-state index in [1.165, 1.54) is 6.26 Å². The molecule has 0 bridgehead atoms. The zero-order valence-corrected chi connectivity index (χ0v) is 12.1. The largest absolute Gasteiger partial charge is 0.432 e. The lowest BCUT2D eigenvalue weighted by atomic mass is 10.1. The molecule has 0 aliphatic rings. The maximum atomic E-state index is 11.5. The van der Waals surface area contributed by atoms with Crippen LogP contribution in [0.5, 0.6) is 0 Å². The molecule has 2 aromatic carbocycles. The van der Waals surface area contributed by atoms with E-state index in [2.05, 4.69) is 11.4 Å². The smallest absolute Gasteiger partial charge is 0.284 e. The highest BCUT2D eigenvalue weighted by Crippen LogP contribution is 2.31. The van der Waals surface area contributed by atoms with Crippen molar-refractivity contribution >= 4 is 9.84 Å². The van der Waals surface area contributed by atoms with Crippen LogP contribution >= 0.6 is 0 Å². The van der Waals surface area contributed by atoms with Gasteiger partial charge >= 0.3 is 0 Å². The highest BCUT2D eigenvalue weighted by atomic mass is 32.2. The number of aromatic nitrogens is 1. The summed E-state index contributed by atoms with van der Waals surface area (Å²) in [6.45, 7) is 0. The first-order chi connectivity index (χ1) is 10.1. The molecule has 1 heterocycles. The SMILES string of the molecule is CS(=O)(=O)c1ccc(-c2o[c]nc2-c2ccccc2)cc1. The predicted octanol–water partition coefficient (Wildman–Crippen LogP) is 3.21. The standard InChI is InChI=1S/C16H12NO3S/c1-21(18,19)14-9-7-13(8-10-14)16-15(17-11-20-16)12-5-3-2-4-6-12/h2-10H,1H3. The fourth-order valence-electron chi connectivity index (χ4n) is 2.05. The number of sulfone groups is 1. The van der Waals surface area contributed by atoms with Gasteiger partial charge in [0.1, 0.15) is 5.69 Å². The zero-order chi connectivity index (χ0) is 14.9. The molecule has 0 saturated heterocycles. The van der Waals surface area contributed by atoms with Gasteiger partial charge in [0.25, 0.3) is 6.39 Å². The van der Waals surface area contributed by atoms with Gasteiger partial charge in [-0.1, -0.05) is 30.3 Å². The van der Waals surface area contributed by atoms with E-state index in [0.29, 0.717) is 11.5 Å². The lowest BCUT2D eigenvalue weighted by Gasteiger charge is -2.03. The first-order valence-corrected chi connectivity index (χ1v) is 8.17. The van der Waals surface area contributed by atoms with Crippen molar-refractivity contribution in [1.82, 2.24) is 4.98 Å². The Labute approximate surface area is 123 Å². The Kier molecular flexibility index (Phi) is 3.35. The van der Waals surface area contributed by atoms with Crippen molar-refractivity contribution in [2.45, 2.75) is 4.90 Å². The average Bonchev–Trinajstić information content (AvgIpc) is 2.97. The third kappa shape index (κ3) is 2.73. The van der Waals surface area contributed by atoms with E-state index in [0.717, 1.165) is 11.1 Å². The van der Waals surface area contributed by atoms with Gasteiger partial charge in [-0.2, -0.15) is 0 Å². The van der Waals surface area contributed by atoms with Crippen LogP contribution in [0.4, 0.5) is 0 Å². The molecule has 3 rings (SSSR count). The molecule has 1 radical (unpaired) electrons. The quantitative estimate of drug-likeness (QED) is 0.745. The first-order valence-electron chi connectivity index (χ1n) is 6.28. The molecule has 0 unspecified atom stereocenters. The number of oxazole rings is 1. The van der Waals surface area contributed by atoms with Crippen LogP contribution in [0.15, 0.2) is 63.9 Å². The molecule has 0 N–H and O–H groups in total. The molecule has 0 saturated carbocycles. The number of hydrogen-bond donors (Lipinski definition) is 0. The van der Waals surface area contributed by atoms with Crippen LogP contribution in [0.2, 0.25) is 0 Å². The Hall–Kier alpha value is -2.40. The van der Waals surface area contributed by atoms with Crippen LogP contribution in [0.25, 0.3) is 22.6 Å². The van der Waals surface area contributed by atoms with E-state index in [-0.39, 0.29) is 4.90 Å². The Balaban J connectivity index is 2.05. The van der Waals surface area contributed by atoms with Crippen LogP contribution in [-0.4, -0.2) is 19.7 Å². The van der Waals surface area contributed by atoms with Crippen molar-refractivity contribution < 1.29 is 12.8 Å². The first kappa shape index (κ1) is 13.6. The predicted molar refractivity (Wildman–Crippen MR) is 79.3 cm³/mol. The van der Waals surface area contributed by atoms with Crippen LogP contribution in [-0.2, 0) is 9.84 Å². The van der Waals surface area contributed by atoms with Crippen molar-refractivity contribution in [2.75, 3.05) is 6.26 Å². The van der Waals surface area contributed by atoms with E-state index in [4.69, 9.17) is 4.42 Å². The van der Waals surface area contributed by atoms with Crippen molar-refractivity contribution in [3.8, 4) is 22.6 Å². The second-order valence-electron chi connectivity index (χ2n) is 4.65. The molecule has 5 heteroatoms. The number of nitrogens with zero attached hydrogens (tertiary/aromatic N) is 1. The summed E-state index contributed by atoms with van der Waals surface area (Å²) >= 11 is 0. The van der Waals surface area contributed by atoms with Crippen LogP contribution in [0.3, 0.4) is 0 Å². The van der Waals surface area contributed by atoms with Gasteiger partial charge in [-0.3, -0.25) is 0 Å². The van der Waals surface area contributed by atoms with Gasteiger partial charge in [0.2, 0.25) is 0 Å². The summed E-state index contributed by atoms with van der Waals surface area (Å²) in [6.07, 6.45) is 3.68. The average molecular weight is 298 g/mol. The van der Waals surface area contributed by atoms with Crippen LogP contribution in [0.1, 0.15) is 0 Å². The zero-order valence-electron chi connectivity index (χ0n) is 11.3. The minimum atomic E-state index is -3.20. The number of benzene rings is 2. The molecule has 1 aromatic heterocycles. The maximum Gasteiger partial charge on any atom is 0.284 e. The summed E-state index contributed by atoms with van der Waals surface area (Å²) in [7, 11) is -3.20. The second-order valence-corrected chi connectivity index (χ2v) is 6.66. The fourth-order valence-corrected chi connectivity index (χ4v) is 2.68. The maximum absolute atomic E-state index is 11.5. The molecule has 21 heavy (non-hydrogen) atoms. The summed E-state index contributed by atoms with van der Waals surface area (Å²) < 4.78 is 28.3. The van der Waals surface area contributed by atoms with Crippen molar-refractivity contribution in [3.05, 3.63) is 61.0 Å². The van der Waals surface area contributed by atoms with Gasteiger partial charge in [0, 0.05) is 17.4 Å². The molecule has 4 nitrogen and oxygen atoms in total. The van der Waals surface area contributed by atoms with Crippen molar-refractivity contribution in [1.29, 1.82) is 0 Å². The van der Waals surface area contributed by atoms with E-state index in [9.17, 15) is 8.42 Å². The van der Waals surface area contributed by atoms with E-state index in [1.54, 1.807) is 24.3 Å². The molecule has 0 amide bonds. The summed E-state index contributed by atoms with van der Waals surface area (Å²) in [5, 5.41) is 0. The summed E-state index contributed by atoms with van der Waals surface area (Å²) in [6, 6.07) is 16.1. The highest BCUT2D eigenvalue weighted by molar-refractivity contribution is 7.90. The third-order valence-electron chi connectivity index (χ3n) is 3.11. The Morgan fingerprint density at radius 1 is 0.952 bits per heavy atom. The third-order valence-corrected chi connectivity index (χ3v) is 4.24. The summed E-state index contributed by atoms with van der Waals surface area (Å²) in [4.78, 5) is 4.40. The van der Waals surface area contributed by atoms with E-state index < -0.39 is 9.84 Å². The topological polar surface area (TPSA) is 60.2 Å². The lowest BCUT2D eigenvalue weighted by molar-refractivity contribution is 0.561. The van der Waals surface area contributed by atoms with E-state index >= 15 is 0 Å². The van der Waals surface area contributed by atoms with Crippen LogP contribution < -0.4 is 0 Å². The van der Waals surface area contributed by atoms with Gasteiger partial charge < -0.3 is 4.42 Å². The molecular weight excluding hydrogens is 286 g/mol. The molecule has 0 spiro atoms. The van der Waals surface area contributed by atoms with Gasteiger partial charge in [0.15, 0.2) is 15.6 Å². The fraction of sp³-hybridized carbons (Fsp3) is 0.0625. The minimum Gasteiger partial charge on any atom is -0.432 e. The molecule has 0 aliphatic heterocycles. The number of rotatable bonds is 3. The van der Waals surface area contributed by atoms with Crippen molar-refractivity contribution in [3.63, 3.8) is 0 Å². The summed E-state index contributed by atoms with van der Waals surface area (Å²) in [5.74, 6) is 0.571. The molecule has 0 aliphatic carbocycles. The normalized spacial score (nSPS) is 11.5. The Bertz CT molecular complexity index is 850. The van der Waals surface area contributed by atoms with Gasteiger partial charge in [-0.05, 0) is 24.3 Å². The van der Waals surface area contributed by atoms with E-state index in [1.807, 2.05) is 30.3 Å². The molecule has 0 fully saturated rings.